The first-order valence-corrected chi connectivity index (χ1v) is 15.1. The third kappa shape index (κ3) is 5.94. The van der Waals surface area contributed by atoms with Crippen LogP contribution in [0.2, 0.25) is 0 Å². The first-order chi connectivity index (χ1) is 21.2. The molecule has 1 aromatic heterocycles. The number of hydrogen-bond acceptors (Lipinski definition) is 2. The van der Waals surface area contributed by atoms with Crippen LogP contribution in [0.3, 0.4) is 0 Å². The highest BCUT2D eigenvalue weighted by molar-refractivity contribution is 9.10. The van der Waals surface area contributed by atoms with E-state index < -0.39 is 0 Å². The number of rotatable bonds is 6. The highest BCUT2D eigenvalue weighted by Crippen LogP contribution is 2.33. The van der Waals surface area contributed by atoms with Gasteiger partial charge in [-0.15, -0.1) is 0 Å². The molecular weight excluding hydrogens is 588 g/mol. The maximum atomic E-state index is 5.10. The second-order valence-corrected chi connectivity index (χ2v) is 11.4. The number of halogens is 1. The van der Waals surface area contributed by atoms with E-state index in [1.54, 1.807) is 0 Å². The normalized spacial score (nSPS) is 10.9. The predicted molar refractivity (Wildman–Crippen MR) is 182 cm³/mol. The van der Waals surface area contributed by atoms with Crippen molar-refractivity contribution in [3.63, 3.8) is 0 Å². The van der Waals surface area contributed by atoms with Crippen LogP contribution in [-0.2, 0) is 0 Å². The van der Waals surface area contributed by atoms with Crippen molar-refractivity contribution in [2.45, 2.75) is 0 Å². The van der Waals surface area contributed by atoms with Crippen molar-refractivity contribution in [3.05, 3.63) is 168 Å². The molecule has 0 spiro atoms. The fourth-order valence-electron chi connectivity index (χ4n) is 5.33. The molecule has 7 aromatic rings. The lowest BCUT2D eigenvalue weighted by atomic mass is 9.97. The van der Waals surface area contributed by atoms with Crippen LogP contribution in [0.5, 0.6) is 0 Å². The first kappa shape index (κ1) is 26.8. The van der Waals surface area contributed by atoms with Crippen molar-refractivity contribution < 1.29 is 0 Å². The van der Waals surface area contributed by atoms with E-state index in [-0.39, 0.29) is 0 Å². The van der Waals surface area contributed by atoms with E-state index in [2.05, 4.69) is 149 Å². The van der Waals surface area contributed by atoms with E-state index >= 15 is 0 Å². The smallest absolute Gasteiger partial charge is 0.160 e. The topological polar surface area (TPSA) is 25.8 Å². The van der Waals surface area contributed by atoms with Gasteiger partial charge in [0.25, 0.3) is 0 Å². The predicted octanol–water partition coefficient (Wildman–Crippen LogP) is 11.2. The van der Waals surface area contributed by atoms with Crippen molar-refractivity contribution >= 4 is 15.9 Å². The largest absolute Gasteiger partial charge is 0.228 e. The quantitative estimate of drug-likeness (QED) is 0.186. The monoisotopic (exact) mass is 614 g/mol. The molecule has 1 heterocycles. The molecule has 3 heteroatoms. The number of nitrogens with zero attached hydrogens (tertiary/aromatic N) is 2. The molecule has 0 unspecified atom stereocenters. The van der Waals surface area contributed by atoms with Gasteiger partial charge in [-0.05, 0) is 63.7 Å². The van der Waals surface area contributed by atoms with Gasteiger partial charge in [-0.1, -0.05) is 149 Å². The SMILES string of the molecule is Brc1cccc(-c2cccc(-c3cccc(-c4cc(-c5ccccc5)nc(-c5ccc(-c6ccccc6)cc5)n4)c3)c2)c1. The van der Waals surface area contributed by atoms with Crippen LogP contribution >= 0.6 is 15.9 Å². The molecule has 0 saturated heterocycles. The van der Waals surface area contributed by atoms with Crippen LogP contribution in [0.15, 0.2) is 168 Å². The van der Waals surface area contributed by atoms with Crippen molar-refractivity contribution in [1.82, 2.24) is 9.97 Å². The Morgan fingerprint density at radius 2 is 0.721 bits per heavy atom. The van der Waals surface area contributed by atoms with Gasteiger partial charge in [0, 0.05) is 21.2 Å². The zero-order chi connectivity index (χ0) is 29.0. The molecule has 6 aromatic carbocycles. The zero-order valence-corrected chi connectivity index (χ0v) is 24.9. The van der Waals surface area contributed by atoms with Crippen LogP contribution in [0, 0.1) is 0 Å². The molecule has 0 aliphatic carbocycles. The Hall–Kier alpha value is -5.12. The minimum absolute atomic E-state index is 0.706. The molecule has 0 bridgehead atoms. The molecule has 2 nitrogen and oxygen atoms in total. The molecule has 0 N–H and O–H groups in total. The van der Waals surface area contributed by atoms with Crippen LogP contribution in [0.4, 0.5) is 0 Å². The maximum Gasteiger partial charge on any atom is 0.160 e. The summed E-state index contributed by atoms with van der Waals surface area (Å²) >= 11 is 3.61. The molecule has 0 amide bonds. The summed E-state index contributed by atoms with van der Waals surface area (Å²) in [6.07, 6.45) is 0. The highest BCUT2D eigenvalue weighted by atomic mass is 79.9. The fourth-order valence-corrected chi connectivity index (χ4v) is 5.73. The Kier molecular flexibility index (Phi) is 7.47. The maximum absolute atomic E-state index is 5.10. The van der Waals surface area contributed by atoms with E-state index in [1.165, 1.54) is 22.3 Å². The Morgan fingerprint density at radius 1 is 0.302 bits per heavy atom. The minimum Gasteiger partial charge on any atom is -0.228 e. The van der Waals surface area contributed by atoms with E-state index in [4.69, 9.17) is 9.97 Å². The molecule has 0 saturated carbocycles. The van der Waals surface area contributed by atoms with Crippen molar-refractivity contribution in [2.24, 2.45) is 0 Å². The Morgan fingerprint density at radius 3 is 1.33 bits per heavy atom. The van der Waals surface area contributed by atoms with E-state index in [0.717, 1.165) is 43.7 Å². The Balaban J connectivity index is 1.29. The summed E-state index contributed by atoms with van der Waals surface area (Å²) in [5.41, 5.74) is 11.9. The van der Waals surface area contributed by atoms with Crippen molar-refractivity contribution in [3.8, 4) is 67.3 Å². The van der Waals surface area contributed by atoms with E-state index in [1.807, 2.05) is 30.3 Å². The average Bonchev–Trinajstić information content (AvgIpc) is 3.09. The number of benzene rings is 6. The lowest BCUT2D eigenvalue weighted by molar-refractivity contribution is 1.18. The summed E-state index contributed by atoms with van der Waals surface area (Å²) < 4.78 is 1.07. The third-order valence-electron chi connectivity index (χ3n) is 7.56. The van der Waals surface area contributed by atoms with E-state index in [9.17, 15) is 0 Å². The number of hydrogen-bond donors (Lipinski definition) is 0. The van der Waals surface area contributed by atoms with Crippen molar-refractivity contribution in [1.29, 1.82) is 0 Å². The summed E-state index contributed by atoms with van der Waals surface area (Å²) in [7, 11) is 0. The molecule has 0 radical (unpaired) electrons. The van der Waals surface area contributed by atoms with E-state index in [0.29, 0.717) is 5.82 Å². The summed E-state index contributed by atoms with van der Waals surface area (Å²) in [5, 5.41) is 0. The lowest BCUT2D eigenvalue weighted by Crippen LogP contribution is -1.96. The first-order valence-electron chi connectivity index (χ1n) is 14.3. The molecule has 43 heavy (non-hydrogen) atoms. The molecule has 0 atom stereocenters. The van der Waals surface area contributed by atoms with Gasteiger partial charge in [0.05, 0.1) is 11.4 Å². The van der Waals surface area contributed by atoms with Crippen LogP contribution < -0.4 is 0 Å². The molecule has 0 aliphatic heterocycles. The summed E-state index contributed by atoms with van der Waals surface area (Å²) in [6.45, 7) is 0. The van der Waals surface area contributed by atoms with Crippen LogP contribution in [0.25, 0.3) is 67.3 Å². The van der Waals surface area contributed by atoms with Gasteiger partial charge >= 0.3 is 0 Å². The molecular formula is C40H27BrN2. The second-order valence-electron chi connectivity index (χ2n) is 10.4. The standard InChI is InChI=1S/C40H27BrN2/c41-37-19-9-17-35(26-37)33-15-7-14-32(24-33)34-16-8-18-36(25-34)39-27-38(30-12-5-2-6-13-30)42-40(43-39)31-22-20-29(21-23-31)28-10-3-1-4-11-28/h1-27H. The van der Waals surface area contributed by atoms with Crippen LogP contribution in [0.1, 0.15) is 0 Å². The Bertz CT molecular complexity index is 2020. The minimum atomic E-state index is 0.706. The van der Waals surface area contributed by atoms with Gasteiger partial charge in [-0.25, -0.2) is 9.97 Å². The number of aromatic nitrogens is 2. The van der Waals surface area contributed by atoms with Crippen molar-refractivity contribution in [2.75, 3.05) is 0 Å². The average molecular weight is 616 g/mol. The molecule has 0 fully saturated rings. The Labute approximate surface area is 260 Å². The molecule has 204 valence electrons. The van der Waals surface area contributed by atoms with Gasteiger partial charge in [-0.2, -0.15) is 0 Å². The third-order valence-corrected chi connectivity index (χ3v) is 8.05. The van der Waals surface area contributed by atoms with Gasteiger partial charge in [0.2, 0.25) is 0 Å². The summed E-state index contributed by atoms with van der Waals surface area (Å²) in [6, 6.07) is 57.0. The van der Waals surface area contributed by atoms with Crippen LogP contribution in [-0.4, -0.2) is 9.97 Å². The van der Waals surface area contributed by atoms with Gasteiger partial charge in [0.15, 0.2) is 5.82 Å². The summed E-state index contributed by atoms with van der Waals surface area (Å²) in [5.74, 6) is 0.706. The molecule has 7 rings (SSSR count). The summed E-state index contributed by atoms with van der Waals surface area (Å²) in [4.78, 5) is 10.1. The molecule has 0 aliphatic rings. The van der Waals surface area contributed by atoms with Gasteiger partial charge in [-0.3, -0.25) is 0 Å². The zero-order valence-electron chi connectivity index (χ0n) is 23.4. The fraction of sp³-hybridized carbons (Fsp3) is 0. The van der Waals surface area contributed by atoms with Gasteiger partial charge < -0.3 is 0 Å². The lowest BCUT2D eigenvalue weighted by Gasteiger charge is -2.12. The highest BCUT2D eigenvalue weighted by Gasteiger charge is 2.12. The second kappa shape index (κ2) is 12.0. The van der Waals surface area contributed by atoms with Gasteiger partial charge in [0.1, 0.15) is 0 Å².